The lowest BCUT2D eigenvalue weighted by molar-refractivity contribution is 0.0768. The zero-order valence-corrected chi connectivity index (χ0v) is 13.0. The summed E-state index contributed by atoms with van der Waals surface area (Å²) in [6.45, 7) is 7.29. The van der Waals surface area contributed by atoms with E-state index in [1.165, 1.54) is 12.8 Å². The number of benzene rings is 1. The molecule has 4 heteroatoms. The summed E-state index contributed by atoms with van der Waals surface area (Å²) in [5, 5.41) is 3.40. The fourth-order valence-electron chi connectivity index (χ4n) is 2.66. The molecular weight excluding hydrogens is 264 g/mol. The summed E-state index contributed by atoms with van der Waals surface area (Å²) in [6.07, 6.45) is 2.16. The third kappa shape index (κ3) is 5.05. The number of nitrogens with one attached hydrogen (secondary N) is 1. The Labute approximate surface area is 127 Å². The first-order valence-electron chi connectivity index (χ1n) is 7.85. The number of hydrogen-bond donors (Lipinski definition) is 1. The van der Waals surface area contributed by atoms with Crippen molar-refractivity contribution >= 4 is 6.09 Å². The predicted octanol–water partition coefficient (Wildman–Crippen LogP) is 3.03. The highest BCUT2D eigenvalue weighted by atomic mass is 16.6. The van der Waals surface area contributed by atoms with E-state index < -0.39 is 0 Å². The summed E-state index contributed by atoms with van der Waals surface area (Å²) in [4.78, 5) is 14.2. The van der Waals surface area contributed by atoms with E-state index in [4.69, 9.17) is 4.74 Å². The zero-order valence-electron chi connectivity index (χ0n) is 13.0. The molecular formula is C17H26N2O2. The Balaban J connectivity index is 1.86. The van der Waals surface area contributed by atoms with Gasteiger partial charge in [-0.2, -0.15) is 0 Å². The van der Waals surface area contributed by atoms with E-state index in [0.29, 0.717) is 12.5 Å². The molecule has 1 aliphatic rings. The van der Waals surface area contributed by atoms with Gasteiger partial charge in [0.15, 0.2) is 0 Å². The van der Waals surface area contributed by atoms with Gasteiger partial charge in [-0.1, -0.05) is 30.3 Å². The van der Waals surface area contributed by atoms with E-state index in [0.717, 1.165) is 25.2 Å². The average Bonchev–Trinajstić information content (AvgIpc) is 2.52. The third-order valence-corrected chi connectivity index (χ3v) is 3.92. The highest BCUT2D eigenvalue weighted by molar-refractivity contribution is 5.68. The molecule has 4 nitrogen and oxygen atoms in total. The van der Waals surface area contributed by atoms with E-state index in [-0.39, 0.29) is 12.1 Å². The number of hydrogen-bond acceptors (Lipinski definition) is 3. The highest BCUT2D eigenvalue weighted by Gasteiger charge is 2.23. The van der Waals surface area contributed by atoms with Gasteiger partial charge in [0, 0.05) is 12.6 Å². The van der Waals surface area contributed by atoms with Crippen LogP contribution in [0.2, 0.25) is 0 Å². The third-order valence-electron chi connectivity index (χ3n) is 3.92. The largest absolute Gasteiger partial charge is 0.445 e. The smallest absolute Gasteiger partial charge is 0.410 e. The molecule has 0 aromatic heterocycles. The van der Waals surface area contributed by atoms with Crippen LogP contribution in [0.3, 0.4) is 0 Å². The molecule has 1 N–H and O–H groups in total. The quantitative estimate of drug-likeness (QED) is 0.906. The van der Waals surface area contributed by atoms with E-state index in [9.17, 15) is 4.79 Å². The maximum atomic E-state index is 12.3. The Bertz CT molecular complexity index is 428. The monoisotopic (exact) mass is 290 g/mol. The van der Waals surface area contributed by atoms with Crippen LogP contribution in [0.4, 0.5) is 4.79 Å². The molecule has 0 aliphatic carbocycles. The van der Waals surface area contributed by atoms with Gasteiger partial charge >= 0.3 is 6.09 Å². The van der Waals surface area contributed by atoms with Gasteiger partial charge < -0.3 is 15.0 Å². The van der Waals surface area contributed by atoms with Crippen LogP contribution in [-0.2, 0) is 11.3 Å². The van der Waals surface area contributed by atoms with Crippen LogP contribution in [0.15, 0.2) is 30.3 Å². The molecule has 116 valence electrons. The normalized spacial score (nSPS) is 18.5. The first-order valence-corrected chi connectivity index (χ1v) is 7.85. The van der Waals surface area contributed by atoms with Crippen LogP contribution in [0.25, 0.3) is 0 Å². The molecule has 0 radical (unpaired) electrons. The van der Waals surface area contributed by atoms with Crippen molar-refractivity contribution in [3.8, 4) is 0 Å². The molecule has 21 heavy (non-hydrogen) atoms. The molecule has 1 amide bonds. The lowest BCUT2D eigenvalue weighted by atomic mass is 9.99. The minimum absolute atomic E-state index is 0.162. The molecule has 1 saturated heterocycles. The maximum absolute atomic E-state index is 12.3. The Morgan fingerprint density at radius 1 is 1.38 bits per heavy atom. The number of rotatable bonds is 5. The van der Waals surface area contributed by atoms with Crippen molar-refractivity contribution in [3.63, 3.8) is 0 Å². The van der Waals surface area contributed by atoms with Crippen LogP contribution in [0.1, 0.15) is 32.3 Å². The number of carbonyl (C=O) groups is 1. The first kappa shape index (κ1) is 15.8. The predicted molar refractivity (Wildman–Crippen MR) is 84.1 cm³/mol. The van der Waals surface area contributed by atoms with Crippen molar-refractivity contribution in [2.75, 3.05) is 19.6 Å². The fourth-order valence-corrected chi connectivity index (χ4v) is 2.66. The van der Waals surface area contributed by atoms with E-state index >= 15 is 0 Å². The first-order chi connectivity index (χ1) is 10.2. The molecule has 1 aliphatic heterocycles. The highest BCUT2D eigenvalue weighted by Crippen LogP contribution is 2.15. The second-order valence-corrected chi connectivity index (χ2v) is 6.00. The molecule has 0 bridgehead atoms. The average molecular weight is 290 g/mol. The molecule has 0 saturated carbocycles. The SMILES string of the molecule is CC(C)N(C[C@H]1CCCNC1)C(=O)OCc1ccccc1. The maximum Gasteiger partial charge on any atom is 0.410 e. The lowest BCUT2D eigenvalue weighted by Crippen LogP contribution is -2.44. The molecule has 1 fully saturated rings. The molecule has 1 atom stereocenters. The van der Waals surface area contributed by atoms with Crippen molar-refractivity contribution in [1.29, 1.82) is 0 Å². The zero-order chi connectivity index (χ0) is 15.1. The molecule has 0 unspecified atom stereocenters. The summed E-state index contributed by atoms with van der Waals surface area (Å²) >= 11 is 0. The van der Waals surface area contributed by atoms with Crippen LogP contribution in [0.5, 0.6) is 0 Å². The van der Waals surface area contributed by atoms with E-state index in [1.54, 1.807) is 0 Å². The van der Waals surface area contributed by atoms with Gasteiger partial charge in [-0.05, 0) is 51.3 Å². The van der Waals surface area contributed by atoms with Crippen molar-refractivity contribution in [1.82, 2.24) is 10.2 Å². The standard InChI is InChI=1S/C17H26N2O2/c1-14(2)19(12-16-9-6-10-18-11-16)17(20)21-13-15-7-4-3-5-8-15/h3-5,7-8,14,16,18H,6,9-13H2,1-2H3/t16-/m0/s1. The second-order valence-electron chi connectivity index (χ2n) is 6.00. The Kier molecular flexibility index (Phi) is 6.05. The molecule has 1 aromatic carbocycles. The van der Waals surface area contributed by atoms with Crippen molar-refractivity contribution in [2.45, 2.75) is 39.3 Å². The number of ether oxygens (including phenoxy) is 1. The lowest BCUT2D eigenvalue weighted by Gasteiger charge is -2.32. The van der Waals surface area contributed by atoms with Crippen molar-refractivity contribution in [3.05, 3.63) is 35.9 Å². The number of nitrogens with zero attached hydrogens (tertiary/aromatic N) is 1. The molecule has 1 heterocycles. The molecule has 2 rings (SSSR count). The second kappa shape index (κ2) is 8.03. The Morgan fingerprint density at radius 2 is 2.14 bits per heavy atom. The fraction of sp³-hybridized carbons (Fsp3) is 0.588. The summed E-state index contributed by atoms with van der Waals surface area (Å²) in [5.74, 6) is 0.533. The number of amides is 1. The van der Waals surface area contributed by atoms with Gasteiger partial charge in [0.2, 0.25) is 0 Å². The van der Waals surface area contributed by atoms with Crippen LogP contribution >= 0.6 is 0 Å². The minimum atomic E-state index is -0.209. The van der Waals surface area contributed by atoms with Crippen LogP contribution in [-0.4, -0.2) is 36.7 Å². The summed E-state index contributed by atoms with van der Waals surface area (Å²) < 4.78 is 5.46. The van der Waals surface area contributed by atoms with Crippen LogP contribution in [0, 0.1) is 5.92 Å². The van der Waals surface area contributed by atoms with Crippen molar-refractivity contribution in [2.24, 2.45) is 5.92 Å². The van der Waals surface area contributed by atoms with Gasteiger partial charge in [-0.25, -0.2) is 4.79 Å². The van der Waals surface area contributed by atoms with Gasteiger partial charge in [0.05, 0.1) is 0 Å². The Hall–Kier alpha value is -1.55. The molecule has 0 spiro atoms. The van der Waals surface area contributed by atoms with E-state index in [2.05, 4.69) is 5.32 Å². The van der Waals surface area contributed by atoms with Gasteiger partial charge in [0.25, 0.3) is 0 Å². The number of piperidine rings is 1. The van der Waals surface area contributed by atoms with Gasteiger partial charge in [-0.3, -0.25) is 0 Å². The summed E-state index contributed by atoms with van der Waals surface area (Å²) in [5.41, 5.74) is 1.02. The van der Waals surface area contributed by atoms with Gasteiger partial charge in [-0.15, -0.1) is 0 Å². The van der Waals surface area contributed by atoms with E-state index in [1.807, 2.05) is 49.1 Å². The molecule has 1 aromatic rings. The Morgan fingerprint density at radius 3 is 2.76 bits per heavy atom. The number of carbonyl (C=O) groups excluding carboxylic acids is 1. The summed E-state index contributed by atoms with van der Waals surface area (Å²) in [6, 6.07) is 9.97. The summed E-state index contributed by atoms with van der Waals surface area (Å²) in [7, 11) is 0. The minimum Gasteiger partial charge on any atom is -0.445 e. The van der Waals surface area contributed by atoms with Crippen LogP contribution < -0.4 is 5.32 Å². The topological polar surface area (TPSA) is 41.6 Å². The van der Waals surface area contributed by atoms with Crippen molar-refractivity contribution < 1.29 is 9.53 Å². The van der Waals surface area contributed by atoms with Gasteiger partial charge in [0.1, 0.15) is 6.61 Å².